The van der Waals surface area contributed by atoms with E-state index in [4.69, 9.17) is 5.73 Å². The third-order valence-corrected chi connectivity index (χ3v) is 3.81. The monoisotopic (exact) mass is 302 g/mol. The molecule has 0 amide bonds. The highest BCUT2D eigenvalue weighted by molar-refractivity contribution is 5.33. The molecule has 1 aromatic rings. The van der Waals surface area contributed by atoms with E-state index in [-0.39, 0.29) is 12.0 Å². The number of halogens is 3. The van der Waals surface area contributed by atoms with Crippen LogP contribution in [0.1, 0.15) is 44.2 Å². The molecule has 0 saturated heterocycles. The van der Waals surface area contributed by atoms with Crippen LogP contribution in [0.2, 0.25) is 0 Å². The second-order valence-corrected chi connectivity index (χ2v) is 5.37. The van der Waals surface area contributed by atoms with Gasteiger partial charge < -0.3 is 10.6 Å². The zero-order chi connectivity index (χ0) is 15.3. The lowest BCUT2D eigenvalue weighted by molar-refractivity contribution is -0.141. The van der Waals surface area contributed by atoms with Crippen LogP contribution >= 0.6 is 0 Å². The number of nitrogens with two attached hydrogens (primary N) is 1. The molecule has 0 unspecified atom stereocenters. The van der Waals surface area contributed by atoms with E-state index in [1.54, 1.807) is 0 Å². The lowest BCUT2D eigenvalue weighted by Gasteiger charge is -2.34. The van der Waals surface area contributed by atoms with E-state index in [0.717, 1.165) is 38.2 Å². The number of anilines is 1. The van der Waals surface area contributed by atoms with Crippen molar-refractivity contribution in [2.24, 2.45) is 5.73 Å². The molecule has 0 bridgehead atoms. The summed E-state index contributed by atoms with van der Waals surface area (Å²) < 4.78 is 38.4. The van der Waals surface area contributed by atoms with Crippen molar-refractivity contribution in [3.05, 3.63) is 18.0 Å². The van der Waals surface area contributed by atoms with Gasteiger partial charge in [-0.15, -0.1) is 0 Å². The number of hydrogen-bond acceptors (Lipinski definition) is 4. The minimum atomic E-state index is -4.44. The number of hydrogen-bond donors (Lipinski definition) is 1. The van der Waals surface area contributed by atoms with Gasteiger partial charge in [0, 0.05) is 18.8 Å². The Kier molecular flexibility index (Phi) is 5.39. The van der Waals surface area contributed by atoms with Gasteiger partial charge in [-0.25, -0.2) is 9.97 Å². The molecule has 1 aromatic heterocycles. The van der Waals surface area contributed by atoms with E-state index in [1.807, 2.05) is 4.90 Å². The van der Waals surface area contributed by atoms with Gasteiger partial charge in [0.2, 0.25) is 5.95 Å². The summed E-state index contributed by atoms with van der Waals surface area (Å²) in [4.78, 5) is 9.68. The molecule has 0 aliphatic heterocycles. The van der Waals surface area contributed by atoms with Crippen molar-refractivity contribution in [1.29, 1.82) is 0 Å². The van der Waals surface area contributed by atoms with Crippen molar-refractivity contribution in [3.8, 4) is 0 Å². The Morgan fingerprint density at radius 2 is 1.95 bits per heavy atom. The Hall–Kier alpha value is -1.37. The normalized spacial score (nSPS) is 17.0. The van der Waals surface area contributed by atoms with Crippen molar-refractivity contribution in [2.45, 2.75) is 50.7 Å². The SMILES string of the molecule is NCCCN(c1nccc(C(F)(F)F)n1)C1CCCCC1. The van der Waals surface area contributed by atoms with Crippen LogP contribution in [0.25, 0.3) is 0 Å². The molecule has 0 spiro atoms. The van der Waals surface area contributed by atoms with E-state index in [2.05, 4.69) is 9.97 Å². The van der Waals surface area contributed by atoms with E-state index < -0.39 is 11.9 Å². The van der Waals surface area contributed by atoms with E-state index in [9.17, 15) is 13.2 Å². The molecule has 1 aliphatic rings. The Labute approximate surface area is 122 Å². The zero-order valence-electron chi connectivity index (χ0n) is 11.9. The summed E-state index contributed by atoms with van der Waals surface area (Å²) in [5.74, 6) is 0.171. The number of aromatic nitrogens is 2. The van der Waals surface area contributed by atoms with Gasteiger partial charge >= 0.3 is 6.18 Å². The lowest BCUT2D eigenvalue weighted by atomic mass is 9.94. The maximum absolute atomic E-state index is 12.8. The third-order valence-electron chi connectivity index (χ3n) is 3.81. The minimum absolute atomic E-state index is 0.171. The zero-order valence-corrected chi connectivity index (χ0v) is 11.9. The fourth-order valence-electron chi connectivity index (χ4n) is 2.74. The molecule has 1 saturated carbocycles. The number of nitrogens with zero attached hydrogens (tertiary/aromatic N) is 3. The van der Waals surface area contributed by atoms with Crippen LogP contribution in [0.3, 0.4) is 0 Å². The van der Waals surface area contributed by atoms with Gasteiger partial charge in [-0.3, -0.25) is 0 Å². The largest absolute Gasteiger partial charge is 0.433 e. The molecule has 118 valence electrons. The molecule has 0 radical (unpaired) electrons. The average molecular weight is 302 g/mol. The number of rotatable bonds is 5. The molecular weight excluding hydrogens is 281 g/mol. The molecule has 2 N–H and O–H groups in total. The highest BCUT2D eigenvalue weighted by atomic mass is 19.4. The highest BCUT2D eigenvalue weighted by Gasteiger charge is 2.34. The molecule has 0 atom stereocenters. The predicted molar refractivity (Wildman–Crippen MR) is 74.9 cm³/mol. The third kappa shape index (κ3) is 4.30. The second-order valence-electron chi connectivity index (χ2n) is 5.37. The van der Waals surface area contributed by atoms with Crippen molar-refractivity contribution in [2.75, 3.05) is 18.0 Å². The van der Waals surface area contributed by atoms with Gasteiger partial charge in [0.05, 0.1) is 0 Å². The maximum Gasteiger partial charge on any atom is 0.433 e. The molecule has 1 fully saturated rings. The first-order valence-electron chi connectivity index (χ1n) is 7.39. The Bertz CT molecular complexity index is 444. The van der Waals surface area contributed by atoms with E-state index >= 15 is 0 Å². The summed E-state index contributed by atoms with van der Waals surface area (Å²) in [5, 5.41) is 0. The quantitative estimate of drug-likeness (QED) is 0.908. The van der Waals surface area contributed by atoms with Crippen molar-refractivity contribution < 1.29 is 13.2 Å². The first-order chi connectivity index (χ1) is 10.0. The summed E-state index contributed by atoms with van der Waals surface area (Å²) in [6.07, 6.45) is 2.80. The van der Waals surface area contributed by atoms with Crippen LogP contribution in [0.4, 0.5) is 19.1 Å². The molecule has 1 aliphatic carbocycles. The molecule has 7 heteroatoms. The van der Waals surface area contributed by atoms with Crippen molar-refractivity contribution in [1.82, 2.24) is 9.97 Å². The van der Waals surface area contributed by atoms with Crippen LogP contribution in [0, 0.1) is 0 Å². The van der Waals surface area contributed by atoms with Crippen molar-refractivity contribution >= 4 is 5.95 Å². The van der Waals surface area contributed by atoms with Gasteiger partial charge in [-0.05, 0) is 31.9 Å². The minimum Gasteiger partial charge on any atom is -0.338 e. The van der Waals surface area contributed by atoms with Gasteiger partial charge in [-0.1, -0.05) is 19.3 Å². The standard InChI is InChI=1S/C14H21F3N4/c15-14(16,17)12-7-9-19-13(20-12)21(10-4-8-18)11-5-2-1-3-6-11/h7,9,11H,1-6,8,10,18H2. The lowest BCUT2D eigenvalue weighted by Crippen LogP contribution is -2.39. The summed E-state index contributed by atoms with van der Waals surface area (Å²) in [6, 6.07) is 1.12. The van der Waals surface area contributed by atoms with Crippen LogP contribution in [0.15, 0.2) is 12.3 Å². The Morgan fingerprint density at radius 1 is 1.24 bits per heavy atom. The topological polar surface area (TPSA) is 55.0 Å². The van der Waals surface area contributed by atoms with Crippen LogP contribution in [0.5, 0.6) is 0 Å². The van der Waals surface area contributed by atoms with Gasteiger partial charge in [0.1, 0.15) is 5.69 Å². The predicted octanol–water partition coefficient (Wildman–Crippen LogP) is 2.98. The van der Waals surface area contributed by atoms with Gasteiger partial charge in [0.25, 0.3) is 0 Å². The fourth-order valence-corrected chi connectivity index (χ4v) is 2.74. The first kappa shape index (κ1) is 16.0. The molecule has 2 rings (SSSR count). The smallest absolute Gasteiger partial charge is 0.338 e. The Morgan fingerprint density at radius 3 is 2.57 bits per heavy atom. The van der Waals surface area contributed by atoms with E-state index in [0.29, 0.717) is 13.1 Å². The van der Waals surface area contributed by atoms with Gasteiger partial charge in [0.15, 0.2) is 0 Å². The van der Waals surface area contributed by atoms with Crippen LogP contribution in [-0.2, 0) is 6.18 Å². The number of alkyl halides is 3. The maximum atomic E-state index is 12.8. The highest BCUT2D eigenvalue weighted by Crippen LogP contribution is 2.30. The summed E-state index contributed by atoms with van der Waals surface area (Å²) >= 11 is 0. The summed E-state index contributed by atoms with van der Waals surface area (Å²) in [7, 11) is 0. The molecule has 4 nitrogen and oxygen atoms in total. The average Bonchev–Trinajstić information content (AvgIpc) is 2.48. The molecule has 0 aromatic carbocycles. The molecule has 21 heavy (non-hydrogen) atoms. The summed E-state index contributed by atoms with van der Waals surface area (Å²) in [5.41, 5.74) is 4.65. The van der Waals surface area contributed by atoms with Gasteiger partial charge in [-0.2, -0.15) is 13.2 Å². The first-order valence-corrected chi connectivity index (χ1v) is 7.39. The Balaban J connectivity index is 2.22. The second kappa shape index (κ2) is 7.06. The van der Waals surface area contributed by atoms with Crippen LogP contribution < -0.4 is 10.6 Å². The van der Waals surface area contributed by atoms with E-state index in [1.165, 1.54) is 12.6 Å². The van der Waals surface area contributed by atoms with Crippen molar-refractivity contribution in [3.63, 3.8) is 0 Å². The molecular formula is C14H21F3N4. The fraction of sp³-hybridized carbons (Fsp3) is 0.714. The summed E-state index contributed by atoms with van der Waals surface area (Å²) in [6.45, 7) is 1.10. The molecule has 1 heterocycles. The van der Waals surface area contributed by atoms with Crippen LogP contribution in [-0.4, -0.2) is 29.1 Å².